The zero-order chi connectivity index (χ0) is 19.1. The molecule has 9 heteroatoms. The molecule has 0 fully saturated rings. The van der Waals surface area contributed by atoms with Gasteiger partial charge in [0.2, 0.25) is 0 Å². The standard InChI is InChI=1S/C19H13N7O2/c27-26(28)15-10-23-25(11-15)19-16-4-3-14(8-12(16)5-7-21-19)24-18-17-13(9-22-18)2-1-6-20-17/h1-8,10-11H,9H2,(H,22,24). The van der Waals surface area contributed by atoms with Crippen LogP contribution in [-0.4, -0.2) is 30.5 Å². The van der Waals surface area contributed by atoms with E-state index in [0.29, 0.717) is 12.4 Å². The van der Waals surface area contributed by atoms with Gasteiger partial charge in [0, 0.05) is 29.0 Å². The Hall–Kier alpha value is -4.14. The Morgan fingerprint density at radius 3 is 2.93 bits per heavy atom. The SMILES string of the molecule is O=[N+]([O-])c1cnn(-c2nccc3cc(NC4=NCc5cccnc54)ccc23)c1. The number of rotatable bonds is 3. The number of hydrogen-bond donors (Lipinski definition) is 1. The van der Waals surface area contributed by atoms with E-state index >= 15 is 0 Å². The minimum absolute atomic E-state index is 0.0810. The van der Waals surface area contributed by atoms with Gasteiger partial charge < -0.3 is 5.32 Å². The Kier molecular flexibility index (Phi) is 3.58. The third-order valence-corrected chi connectivity index (χ3v) is 4.53. The molecule has 0 atom stereocenters. The lowest BCUT2D eigenvalue weighted by Crippen LogP contribution is -2.13. The van der Waals surface area contributed by atoms with Gasteiger partial charge in [-0.05, 0) is 35.7 Å². The minimum atomic E-state index is -0.481. The fourth-order valence-electron chi connectivity index (χ4n) is 3.20. The van der Waals surface area contributed by atoms with Gasteiger partial charge >= 0.3 is 5.69 Å². The highest BCUT2D eigenvalue weighted by Crippen LogP contribution is 2.25. The van der Waals surface area contributed by atoms with Crippen molar-refractivity contribution >= 4 is 28.0 Å². The van der Waals surface area contributed by atoms with Crippen LogP contribution >= 0.6 is 0 Å². The average Bonchev–Trinajstić information content (AvgIpc) is 3.35. The van der Waals surface area contributed by atoms with E-state index in [2.05, 4.69) is 25.4 Å². The van der Waals surface area contributed by atoms with Gasteiger partial charge in [0.25, 0.3) is 0 Å². The zero-order valence-corrected chi connectivity index (χ0v) is 14.5. The van der Waals surface area contributed by atoms with E-state index in [4.69, 9.17) is 0 Å². The molecule has 1 N–H and O–H groups in total. The molecule has 1 aliphatic rings. The highest BCUT2D eigenvalue weighted by Gasteiger charge is 2.17. The molecular formula is C19H13N7O2. The van der Waals surface area contributed by atoms with Crippen LogP contribution < -0.4 is 5.32 Å². The Morgan fingerprint density at radius 1 is 1.14 bits per heavy atom. The second kappa shape index (κ2) is 6.23. The van der Waals surface area contributed by atoms with E-state index in [1.807, 2.05) is 36.4 Å². The molecule has 28 heavy (non-hydrogen) atoms. The summed E-state index contributed by atoms with van der Waals surface area (Å²) in [4.78, 5) is 23.7. The number of benzene rings is 1. The molecule has 136 valence electrons. The lowest BCUT2D eigenvalue weighted by Gasteiger charge is -2.10. The molecule has 4 heterocycles. The summed E-state index contributed by atoms with van der Waals surface area (Å²) in [5.41, 5.74) is 2.75. The summed E-state index contributed by atoms with van der Waals surface area (Å²) >= 11 is 0. The predicted octanol–water partition coefficient (Wildman–Crippen LogP) is 3.10. The van der Waals surface area contributed by atoms with Crippen LogP contribution in [0.1, 0.15) is 11.3 Å². The van der Waals surface area contributed by atoms with Gasteiger partial charge in [-0.3, -0.25) is 20.1 Å². The van der Waals surface area contributed by atoms with Gasteiger partial charge in [0.05, 0.1) is 11.5 Å². The molecule has 0 radical (unpaired) electrons. The molecule has 0 spiro atoms. The lowest BCUT2D eigenvalue weighted by molar-refractivity contribution is -0.384. The maximum atomic E-state index is 10.9. The highest BCUT2D eigenvalue weighted by molar-refractivity contribution is 6.10. The number of pyridine rings is 2. The maximum absolute atomic E-state index is 10.9. The van der Waals surface area contributed by atoms with Crippen LogP contribution in [0.4, 0.5) is 11.4 Å². The van der Waals surface area contributed by atoms with Crippen molar-refractivity contribution in [2.24, 2.45) is 4.99 Å². The maximum Gasteiger partial charge on any atom is 0.307 e. The van der Waals surface area contributed by atoms with Crippen LogP contribution in [0.2, 0.25) is 0 Å². The van der Waals surface area contributed by atoms with Gasteiger partial charge in [0.15, 0.2) is 11.7 Å². The molecule has 5 rings (SSSR count). The fourth-order valence-corrected chi connectivity index (χ4v) is 3.20. The lowest BCUT2D eigenvalue weighted by atomic mass is 10.1. The second-order valence-electron chi connectivity index (χ2n) is 6.27. The van der Waals surface area contributed by atoms with Gasteiger partial charge in [-0.25, -0.2) is 9.67 Å². The van der Waals surface area contributed by atoms with Crippen LogP contribution in [0.25, 0.3) is 16.6 Å². The Balaban J connectivity index is 1.50. The van der Waals surface area contributed by atoms with Crippen molar-refractivity contribution in [2.75, 3.05) is 5.32 Å². The molecule has 9 nitrogen and oxygen atoms in total. The Labute approximate surface area is 158 Å². The molecule has 0 aliphatic carbocycles. The summed E-state index contributed by atoms with van der Waals surface area (Å²) < 4.78 is 1.41. The minimum Gasteiger partial charge on any atom is -0.339 e. The smallest absolute Gasteiger partial charge is 0.307 e. The Bertz CT molecular complexity index is 1260. The number of amidine groups is 1. The van der Waals surface area contributed by atoms with Gasteiger partial charge in [0.1, 0.15) is 18.1 Å². The van der Waals surface area contributed by atoms with E-state index in [9.17, 15) is 10.1 Å². The first-order valence-electron chi connectivity index (χ1n) is 8.53. The van der Waals surface area contributed by atoms with Crippen molar-refractivity contribution in [1.82, 2.24) is 19.7 Å². The summed E-state index contributed by atoms with van der Waals surface area (Å²) in [7, 11) is 0. The van der Waals surface area contributed by atoms with E-state index < -0.39 is 4.92 Å². The number of fused-ring (bicyclic) bond motifs is 2. The second-order valence-corrected chi connectivity index (χ2v) is 6.27. The number of nitrogens with one attached hydrogen (secondary N) is 1. The summed E-state index contributed by atoms with van der Waals surface area (Å²) in [5.74, 6) is 1.27. The van der Waals surface area contributed by atoms with Crippen LogP contribution in [-0.2, 0) is 6.54 Å². The van der Waals surface area contributed by atoms with E-state index in [1.54, 1.807) is 12.4 Å². The first-order valence-corrected chi connectivity index (χ1v) is 8.53. The van der Waals surface area contributed by atoms with Gasteiger partial charge in [-0.1, -0.05) is 6.07 Å². The Morgan fingerprint density at radius 2 is 2.07 bits per heavy atom. The van der Waals surface area contributed by atoms with E-state index in [1.165, 1.54) is 17.1 Å². The first-order chi connectivity index (χ1) is 13.7. The summed E-state index contributed by atoms with van der Waals surface area (Å²) in [6.45, 7) is 0.616. The average molecular weight is 371 g/mol. The normalized spacial score (nSPS) is 12.6. The molecule has 0 amide bonds. The zero-order valence-electron chi connectivity index (χ0n) is 14.5. The quantitative estimate of drug-likeness (QED) is 0.437. The molecule has 0 saturated heterocycles. The van der Waals surface area contributed by atoms with E-state index in [-0.39, 0.29) is 5.69 Å². The van der Waals surface area contributed by atoms with Crippen molar-refractivity contribution in [3.05, 3.63) is 82.6 Å². The molecule has 0 bridgehead atoms. The number of nitrogens with zero attached hydrogens (tertiary/aromatic N) is 6. The van der Waals surface area contributed by atoms with Crippen LogP contribution in [0, 0.1) is 10.1 Å². The van der Waals surface area contributed by atoms with E-state index in [0.717, 1.165) is 33.6 Å². The molecular weight excluding hydrogens is 358 g/mol. The molecule has 4 aromatic rings. The highest BCUT2D eigenvalue weighted by atomic mass is 16.6. The van der Waals surface area contributed by atoms with Crippen LogP contribution in [0.15, 0.2) is 66.2 Å². The van der Waals surface area contributed by atoms with Gasteiger partial charge in [-0.15, -0.1) is 0 Å². The third kappa shape index (κ3) is 2.65. The number of aliphatic imine (C=N–C) groups is 1. The largest absolute Gasteiger partial charge is 0.339 e. The molecule has 0 unspecified atom stereocenters. The number of aromatic nitrogens is 4. The topological polar surface area (TPSA) is 111 Å². The fraction of sp³-hybridized carbons (Fsp3) is 0.0526. The van der Waals surface area contributed by atoms with Crippen molar-refractivity contribution in [3.8, 4) is 5.82 Å². The molecule has 1 aromatic carbocycles. The first kappa shape index (κ1) is 16.1. The molecule has 1 aliphatic heterocycles. The molecule has 3 aromatic heterocycles. The number of nitro groups is 1. The molecule has 0 saturated carbocycles. The summed E-state index contributed by atoms with van der Waals surface area (Å²) in [5, 5.41) is 20.0. The van der Waals surface area contributed by atoms with Crippen molar-refractivity contribution in [2.45, 2.75) is 6.54 Å². The van der Waals surface area contributed by atoms with Crippen LogP contribution in [0.5, 0.6) is 0 Å². The van der Waals surface area contributed by atoms with Crippen molar-refractivity contribution in [3.63, 3.8) is 0 Å². The number of anilines is 1. The summed E-state index contributed by atoms with van der Waals surface area (Å²) in [6.07, 6.45) is 5.96. The third-order valence-electron chi connectivity index (χ3n) is 4.53. The van der Waals surface area contributed by atoms with Crippen LogP contribution in [0.3, 0.4) is 0 Å². The predicted molar refractivity (Wildman–Crippen MR) is 104 cm³/mol. The summed E-state index contributed by atoms with van der Waals surface area (Å²) in [6, 6.07) is 11.6. The number of hydrogen-bond acceptors (Lipinski definition) is 7. The van der Waals surface area contributed by atoms with Crippen molar-refractivity contribution in [1.29, 1.82) is 0 Å². The monoisotopic (exact) mass is 371 g/mol. The van der Waals surface area contributed by atoms with Gasteiger partial charge in [-0.2, -0.15) is 5.10 Å². The van der Waals surface area contributed by atoms with Crippen molar-refractivity contribution < 1.29 is 4.92 Å².